The summed E-state index contributed by atoms with van der Waals surface area (Å²) in [6.07, 6.45) is 6.55. The number of hydrogen-bond acceptors (Lipinski definition) is 4. The molecule has 2 aliphatic carbocycles. The lowest BCUT2D eigenvalue weighted by Gasteiger charge is -2.37. The van der Waals surface area contributed by atoms with Gasteiger partial charge >= 0.3 is 0 Å². The Kier molecular flexibility index (Phi) is 3.78. The van der Waals surface area contributed by atoms with Gasteiger partial charge in [0.05, 0.1) is 12.0 Å². The number of Topliss-reactive ketones (excluding diaryl/α,β-unsaturated/α-hetero) is 1. The number of fused-ring (bicyclic) bond motifs is 3. The van der Waals surface area contributed by atoms with Gasteiger partial charge in [0.2, 0.25) is 5.91 Å². The Balaban J connectivity index is 1.25. The minimum atomic E-state index is -0.483. The normalized spacial score (nSPS) is 30.4. The highest BCUT2D eigenvalue weighted by Gasteiger charge is 2.70. The molecule has 5 rings (SSSR count). The topological polar surface area (TPSA) is 68.3 Å². The quantitative estimate of drug-likeness (QED) is 0.908. The first-order chi connectivity index (χ1) is 13.2. The molecule has 1 amide bonds. The highest BCUT2D eigenvalue weighted by molar-refractivity contribution is 6.00. The minimum absolute atomic E-state index is 0.0192. The third kappa shape index (κ3) is 2.73. The second kappa shape index (κ2) is 6.19. The van der Waals surface area contributed by atoms with Crippen LogP contribution in [0.1, 0.15) is 35.2 Å². The van der Waals surface area contributed by atoms with Crippen molar-refractivity contribution in [2.24, 2.45) is 17.8 Å². The first-order valence-electron chi connectivity index (χ1n) is 9.66. The van der Waals surface area contributed by atoms with Crippen LogP contribution in [0.5, 0.6) is 5.75 Å². The van der Waals surface area contributed by atoms with Crippen molar-refractivity contribution in [3.8, 4) is 5.75 Å². The van der Waals surface area contributed by atoms with E-state index in [2.05, 4.69) is 10.3 Å². The number of carbonyl (C=O) groups excluding carboxylic acids is 2. The highest BCUT2D eigenvalue weighted by atomic mass is 16.5. The Morgan fingerprint density at radius 3 is 2.89 bits per heavy atom. The molecule has 1 spiro atoms. The monoisotopic (exact) mass is 362 g/mol. The molecule has 0 radical (unpaired) electrons. The molecular formula is C22H22N2O3. The van der Waals surface area contributed by atoms with E-state index in [0.29, 0.717) is 30.2 Å². The zero-order valence-corrected chi connectivity index (χ0v) is 15.1. The lowest BCUT2D eigenvalue weighted by Crippen LogP contribution is -2.44. The number of benzene rings is 1. The number of pyridine rings is 1. The maximum Gasteiger partial charge on any atom is 0.223 e. The summed E-state index contributed by atoms with van der Waals surface area (Å²) in [5, 5.41) is 3.07. The molecule has 2 fully saturated rings. The largest absolute Gasteiger partial charge is 0.486 e. The molecule has 2 heterocycles. The van der Waals surface area contributed by atoms with Crippen molar-refractivity contribution >= 4 is 11.7 Å². The average molecular weight is 362 g/mol. The molecule has 0 bridgehead atoms. The van der Waals surface area contributed by atoms with Crippen LogP contribution in [-0.4, -0.2) is 28.8 Å². The molecular weight excluding hydrogens is 340 g/mol. The maximum atomic E-state index is 12.7. The fraction of sp³-hybridized carbons (Fsp3) is 0.409. The van der Waals surface area contributed by atoms with E-state index in [1.807, 2.05) is 36.4 Å². The van der Waals surface area contributed by atoms with Crippen LogP contribution in [0.25, 0.3) is 0 Å². The summed E-state index contributed by atoms with van der Waals surface area (Å²) < 4.78 is 6.35. The number of carbonyl (C=O) groups is 2. The van der Waals surface area contributed by atoms with Crippen LogP contribution in [0, 0.1) is 17.8 Å². The summed E-state index contributed by atoms with van der Waals surface area (Å²) in [6.45, 7) is 0.619. The number of ketones is 1. The van der Waals surface area contributed by atoms with Crippen LogP contribution in [-0.2, 0) is 11.2 Å². The van der Waals surface area contributed by atoms with Crippen molar-refractivity contribution < 1.29 is 14.3 Å². The average Bonchev–Trinajstić information content (AvgIpc) is 3.34. The van der Waals surface area contributed by atoms with E-state index in [4.69, 9.17) is 4.74 Å². The van der Waals surface area contributed by atoms with E-state index in [9.17, 15) is 9.59 Å². The van der Waals surface area contributed by atoms with Gasteiger partial charge in [0.15, 0.2) is 5.78 Å². The van der Waals surface area contributed by atoms with Crippen LogP contribution < -0.4 is 10.1 Å². The van der Waals surface area contributed by atoms with Gasteiger partial charge in [0.25, 0.3) is 0 Å². The van der Waals surface area contributed by atoms with Crippen molar-refractivity contribution in [1.82, 2.24) is 10.3 Å². The number of aromatic nitrogens is 1. The molecule has 5 nitrogen and oxygen atoms in total. The number of hydrogen-bond donors (Lipinski definition) is 1. The summed E-state index contributed by atoms with van der Waals surface area (Å²) in [7, 11) is 0. The third-order valence-electron chi connectivity index (χ3n) is 6.40. The zero-order valence-electron chi connectivity index (χ0n) is 15.1. The molecule has 1 aromatic carbocycles. The highest BCUT2D eigenvalue weighted by Crippen LogP contribution is 2.65. The zero-order chi connectivity index (χ0) is 18.4. The van der Waals surface area contributed by atoms with Crippen molar-refractivity contribution in [2.75, 3.05) is 6.54 Å². The van der Waals surface area contributed by atoms with Crippen LogP contribution in [0.15, 0.2) is 48.8 Å². The Morgan fingerprint density at radius 2 is 2.04 bits per heavy atom. The predicted molar refractivity (Wildman–Crippen MR) is 99.4 cm³/mol. The smallest absolute Gasteiger partial charge is 0.223 e. The summed E-state index contributed by atoms with van der Waals surface area (Å²) >= 11 is 0. The van der Waals surface area contributed by atoms with Crippen molar-refractivity contribution in [2.45, 2.75) is 31.3 Å². The fourth-order valence-corrected chi connectivity index (χ4v) is 5.12. The lowest BCUT2D eigenvalue weighted by molar-refractivity contribution is -0.124. The standard InChI is InChI=1S/C22H22N2O3/c25-17-13-22(27-18-4-2-1-3-15(17)18)9-5-16-19(20(16)22)21(26)24-12-8-14-6-10-23-11-7-14/h1-4,6-7,10-11,16,19-20H,5,8-9,12-13H2,(H,24,26)/t16-,19+,20-,22+/m1/s1. The number of rotatable bonds is 4. The van der Waals surface area contributed by atoms with Gasteiger partial charge in [0, 0.05) is 30.8 Å². The SMILES string of the molecule is O=C1C[C@]2(CC[C@@H]3[C@H](C(=O)NCCc4ccncc4)[C@@H]32)Oc2ccccc21. The van der Waals surface area contributed by atoms with E-state index < -0.39 is 5.60 Å². The first kappa shape index (κ1) is 16.5. The van der Waals surface area contributed by atoms with Gasteiger partial charge in [-0.3, -0.25) is 14.6 Å². The molecule has 1 aromatic heterocycles. The van der Waals surface area contributed by atoms with E-state index in [1.54, 1.807) is 12.4 Å². The van der Waals surface area contributed by atoms with Crippen LogP contribution >= 0.6 is 0 Å². The van der Waals surface area contributed by atoms with Gasteiger partial charge in [-0.25, -0.2) is 0 Å². The van der Waals surface area contributed by atoms with Gasteiger partial charge < -0.3 is 10.1 Å². The van der Waals surface area contributed by atoms with Crippen molar-refractivity contribution in [3.63, 3.8) is 0 Å². The molecule has 0 saturated heterocycles. The molecule has 0 unspecified atom stereocenters. The summed E-state index contributed by atoms with van der Waals surface area (Å²) in [5.41, 5.74) is 1.35. The summed E-state index contributed by atoms with van der Waals surface area (Å²) in [5.74, 6) is 1.42. The summed E-state index contributed by atoms with van der Waals surface area (Å²) in [4.78, 5) is 29.3. The Bertz CT molecular complexity index is 897. The van der Waals surface area contributed by atoms with Crippen LogP contribution in [0.4, 0.5) is 0 Å². The second-order valence-corrected chi connectivity index (χ2v) is 7.91. The van der Waals surface area contributed by atoms with Crippen molar-refractivity contribution in [3.05, 3.63) is 59.9 Å². The molecule has 138 valence electrons. The second-order valence-electron chi connectivity index (χ2n) is 7.91. The molecule has 4 atom stereocenters. The predicted octanol–water partition coefficient (Wildman–Crippen LogP) is 2.80. The van der Waals surface area contributed by atoms with Crippen LogP contribution in [0.2, 0.25) is 0 Å². The number of nitrogens with zero attached hydrogens (tertiary/aromatic N) is 1. The fourth-order valence-electron chi connectivity index (χ4n) is 5.12. The lowest BCUT2D eigenvalue weighted by atomic mass is 9.84. The maximum absolute atomic E-state index is 12.7. The molecule has 1 N–H and O–H groups in total. The molecule has 2 aromatic rings. The molecule has 3 aliphatic rings. The number of amides is 1. The van der Waals surface area contributed by atoms with Gasteiger partial charge in [-0.05, 0) is 55.0 Å². The van der Waals surface area contributed by atoms with E-state index in [0.717, 1.165) is 24.8 Å². The van der Waals surface area contributed by atoms with Crippen molar-refractivity contribution in [1.29, 1.82) is 0 Å². The molecule has 1 aliphatic heterocycles. The first-order valence-corrected chi connectivity index (χ1v) is 9.66. The van der Waals surface area contributed by atoms with E-state index in [1.165, 1.54) is 0 Å². The van der Waals surface area contributed by atoms with Crippen LogP contribution in [0.3, 0.4) is 0 Å². The number of nitrogens with one attached hydrogen (secondary N) is 1. The minimum Gasteiger partial charge on any atom is -0.486 e. The summed E-state index contributed by atoms with van der Waals surface area (Å²) in [6, 6.07) is 11.4. The van der Waals surface area contributed by atoms with E-state index >= 15 is 0 Å². The number of ether oxygens (including phenoxy) is 1. The van der Waals surface area contributed by atoms with Gasteiger partial charge in [-0.1, -0.05) is 12.1 Å². The Labute approximate surface area is 158 Å². The molecule has 2 saturated carbocycles. The van der Waals surface area contributed by atoms with E-state index in [-0.39, 0.29) is 23.5 Å². The Morgan fingerprint density at radius 1 is 1.22 bits per heavy atom. The Hall–Kier alpha value is -2.69. The number of para-hydroxylation sites is 1. The third-order valence-corrected chi connectivity index (χ3v) is 6.40. The molecule has 5 heteroatoms. The van der Waals surface area contributed by atoms with Gasteiger partial charge in [-0.2, -0.15) is 0 Å². The molecule has 27 heavy (non-hydrogen) atoms. The van der Waals surface area contributed by atoms with Gasteiger partial charge in [-0.15, -0.1) is 0 Å². The van der Waals surface area contributed by atoms with Gasteiger partial charge in [0.1, 0.15) is 11.4 Å².